The molecule has 362 valence electrons. The second-order valence-electron chi connectivity index (χ2n) is 21.5. The number of alkyl carbamates (subject to hydrolysis) is 1. The van der Waals surface area contributed by atoms with Crippen molar-refractivity contribution in [3.8, 4) is 0 Å². The minimum absolute atomic E-state index is 0.0368. The molecule has 0 bridgehead atoms. The smallest absolute Gasteiger partial charge is 0.407 e. The summed E-state index contributed by atoms with van der Waals surface area (Å²) in [5.74, 6) is 4.42. The Balaban J connectivity index is 0.917. The number of aliphatic hydroxyl groups is 7. The number of allylic oxidation sites excluding steroid dienone is 1. The number of rotatable bonds is 13. The summed E-state index contributed by atoms with van der Waals surface area (Å²) in [4.78, 5) is 13.3. The lowest BCUT2D eigenvalue weighted by atomic mass is 9.47. The third-order valence-corrected chi connectivity index (χ3v) is 17.2. The van der Waals surface area contributed by atoms with Crippen molar-refractivity contribution < 1.29 is 64.2 Å². The average Bonchev–Trinajstić information content (AvgIpc) is 3.60. The highest BCUT2D eigenvalue weighted by molar-refractivity contribution is 5.67. The maximum Gasteiger partial charge on any atom is 0.407 e. The fourth-order valence-corrected chi connectivity index (χ4v) is 13.5. The minimum atomic E-state index is -1.78. The van der Waals surface area contributed by atoms with Crippen molar-refractivity contribution >= 4 is 6.09 Å². The molecule has 5 aliphatic carbocycles. The van der Waals surface area contributed by atoms with Crippen molar-refractivity contribution in [2.24, 2.45) is 63.5 Å². The van der Waals surface area contributed by atoms with Crippen LogP contribution in [0.4, 0.5) is 4.79 Å². The number of nitrogens with one attached hydrogen (secondary N) is 1. The topological polar surface area (TPSA) is 295 Å². The van der Waals surface area contributed by atoms with Crippen LogP contribution in [0.3, 0.4) is 0 Å². The lowest BCUT2D eigenvalue weighted by molar-refractivity contribution is -0.332. The summed E-state index contributed by atoms with van der Waals surface area (Å²) < 4.78 is 29.2. The van der Waals surface area contributed by atoms with Gasteiger partial charge in [0, 0.05) is 25.0 Å². The number of nitrogens with two attached hydrogens (primary N) is 3. The number of carbonyl (C=O) groups excluding carboxylic acids is 1. The van der Waals surface area contributed by atoms with Crippen molar-refractivity contribution in [2.75, 3.05) is 13.2 Å². The van der Waals surface area contributed by atoms with Crippen LogP contribution in [0.25, 0.3) is 0 Å². The molecule has 0 aromatic carbocycles. The molecular formula is C46H80N4O13. The van der Waals surface area contributed by atoms with Crippen LogP contribution in [0.5, 0.6) is 0 Å². The van der Waals surface area contributed by atoms with Gasteiger partial charge >= 0.3 is 6.09 Å². The molecular weight excluding hydrogens is 817 g/mol. The zero-order chi connectivity index (χ0) is 45.7. The zero-order valence-corrected chi connectivity index (χ0v) is 38.0. The number of aliphatic hydroxyl groups excluding tert-OH is 7. The summed E-state index contributed by atoms with van der Waals surface area (Å²) in [7, 11) is 0. The van der Waals surface area contributed by atoms with Gasteiger partial charge in [-0.1, -0.05) is 65.5 Å². The molecule has 23 atom stereocenters. The molecule has 0 radical (unpaired) electrons. The van der Waals surface area contributed by atoms with Crippen molar-refractivity contribution in [1.82, 2.24) is 5.32 Å². The SMILES string of the molecule is CC(C)CCC[C@@H](C)[C@H]1CC[C@H]2[C@@H]3CC=C4C[C@@H](OC(=O)NC[C@H]5O[C@@H](O[C@@H]6[C@H](O)[C@@H](O[C@@H]7O[C@H](CO)[C@@H](O)[C@H](N)[C@H]7O)[C@H](N)C[C@@H]6N)[C@H](O)[C@@H](O)[C@@H]5O)CC[C@]4(C)[C@H]3CC[C@]12C. The van der Waals surface area contributed by atoms with Gasteiger partial charge in [0.2, 0.25) is 0 Å². The van der Waals surface area contributed by atoms with Gasteiger partial charge in [0.15, 0.2) is 12.6 Å². The molecule has 2 saturated heterocycles. The summed E-state index contributed by atoms with van der Waals surface area (Å²) in [6.07, 6.45) is -3.58. The lowest BCUT2D eigenvalue weighted by Crippen LogP contribution is -2.68. The molecule has 17 heteroatoms. The van der Waals surface area contributed by atoms with E-state index in [9.17, 15) is 40.5 Å². The third-order valence-electron chi connectivity index (χ3n) is 17.2. The fraction of sp³-hybridized carbons (Fsp3) is 0.935. The molecule has 7 rings (SSSR count). The van der Waals surface area contributed by atoms with Crippen molar-refractivity contribution in [2.45, 2.75) is 210 Å². The summed E-state index contributed by atoms with van der Waals surface area (Å²) in [6, 6.07) is -3.04. The van der Waals surface area contributed by atoms with E-state index < -0.39 is 104 Å². The Morgan fingerprint density at radius 1 is 0.810 bits per heavy atom. The van der Waals surface area contributed by atoms with E-state index in [0.717, 1.165) is 42.9 Å². The van der Waals surface area contributed by atoms with E-state index >= 15 is 0 Å². The van der Waals surface area contributed by atoms with Crippen LogP contribution in [-0.2, 0) is 23.7 Å². The molecule has 0 aromatic heterocycles. The van der Waals surface area contributed by atoms with Gasteiger partial charge in [-0.05, 0) is 97.7 Å². The van der Waals surface area contributed by atoms with Crippen LogP contribution >= 0.6 is 0 Å². The van der Waals surface area contributed by atoms with Gasteiger partial charge in [-0.15, -0.1) is 0 Å². The molecule has 2 heterocycles. The Morgan fingerprint density at radius 2 is 1.48 bits per heavy atom. The zero-order valence-electron chi connectivity index (χ0n) is 38.0. The molecule has 4 saturated carbocycles. The monoisotopic (exact) mass is 897 g/mol. The van der Waals surface area contributed by atoms with Crippen molar-refractivity contribution in [3.05, 3.63) is 11.6 Å². The van der Waals surface area contributed by atoms with Gasteiger partial charge < -0.3 is 81.9 Å². The highest BCUT2D eigenvalue weighted by atomic mass is 16.7. The molecule has 63 heavy (non-hydrogen) atoms. The van der Waals surface area contributed by atoms with E-state index in [0.29, 0.717) is 23.7 Å². The molecule has 6 fully saturated rings. The van der Waals surface area contributed by atoms with Gasteiger partial charge in [-0.2, -0.15) is 0 Å². The number of carbonyl (C=O) groups is 1. The predicted molar refractivity (Wildman–Crippen MR) is 230 cm³/mol. The summed E-state index contributed by atoms with van der Waals surface area (Å²) in [5, 5.41) is 77.2. The van der Waals surface area contributed by atoms with Crippen molar-refractivity contribution in [3.63, 3.8) is 0 Å². The van der Waals surface area contributed by atoms with Crippen LogP contribution in [0.2, 0.25) is 0 Å². The Morgan fingerprint density at radius 3 is 2.14 bits per heavy atom. The number of fused-ring (bicyclic) bond motifs is 5. The van der Waals surface area contributed by atoms with Gasteiger partial charge in [-0.3, -0.25) is 0 Å². The Bertz CT molecular complexity index is 1580. The van der Waals surface area contributed by atoms with Crippen LogP contribution in [-0.4, -0.2) is 153 Å². The van der Waals surface area contributed by atoms with Gasteiger partial charge in [0.05, 0.1) is 12.6 Å². The second-order valence-corrected chi connectivity index (χ2v) is 21.5. The Hall–Kier alpha value is -1.55. The van der Waals surface area contributed by atoms with E-state index in [1.165, 1.54) is 50.5 Å². The van der Waals surface area contributed by atoms with Crippen LogP contribution in [0.1, 0.15) is 112 Å². The van der Waals surface area contributed by atoms with E-state index in [2.05, 4.69) is 46.0 Å². The second kappa shape index (κ2) is 20.0. The molecule has 2 aliphatic heterocycles. The van der Waals surface area contributed by atoms with Crippen LogP contribution in [0.15, 0.2) is 11.6 Å². The van der Waals surface area contributed by atoms with Crippen molar-refractivity contribution in [1.29, 1.82) is 0 Å². The van der Waals surface area contributed by atoms with E-state index in [-0.39, 0.29) is 24.5 Å². The lowest BCUT2D eigenvalue weighted by Gasteiger charge is -2.58. The molecule has 17 nitrogen and oxygen atoms in total. The summed E-state index contributed by atoms with van der Waals surface area (Å²) in [6.45, 7) is 11.3. The van der Waals surface area contributed by atoms with Crippen LogP contribution < -0.4 is 22.5 Å². The molecule has 0 aromatic rings. The molecule has 0 spiro atoms. The fourth-order valence-electron chi connectivity index (χ4n) is 13.5. The summed E-state index contributed by atoms with van der Waals surface area (Å²) in [5.41, 5.74) is 20.4. The summed E-state index contributed by atoms with van der Waals surface area (Å²) >= 11 is 0. The number of ether oxygens (including phenoxy) is 5. The average molecular weight is 897 g/mol. The molecule has 7 aliphatic rings. The molecule has 14 N–H and O–H groups in total. The first-order chi connectivity index (χ1) is 29.8. The third kappa shape index (κ3) is 9.76. The van der Waals surface area contributed by atoms with Gasteiger partial charge in [0.25, 0.3) is 0 Å². The van der Waals surface area contributed by atoms with Gasteiger partial charge in [0.1, 0.15) is 67.1 Å². The number of hydrogen-bond donors (Lipinski definition) is 11. The van der Waals surface area contributed by atoms with Gasteiger partial charge in [-0.25, -0.2) is 4.79 Å². The first-order valence-electron chi connectivity index (χ1n) is 24.0. The highest BCUT2D eigenvalue weighted by Crippen LogP contribution is 2.67. The quantitative estimate of drug-likeness (QED) is 0.114. The largest absolute Gasteiger partial charge is 0.446 e. The first kappa shape index (κ1) is 49.4. The number of amides is 1. The van der Waals surface area contributed by atoms with Crippen LogP contribution in [0, 0.1) is 46.3 Å². The Labute approximate surface area is 372 Å². The van der Waals surface area contributed by atoms with E-state index in [1.807, 2.05) is 0 Å². The van der Waals surface area contributed by atoms with E-state index in [4.69, 9.17) is 40.9 Å². The first-order valence-corrected chi connectivity index (χ1v) is 24.0. The maximum atomic E-state index is 13.3. The standard InChI is InChI=1S/C46H80N4O13/c1-21(2)7-6-8-22(3)26-11-12-27-25-10-9-23-17-24(13-15-45(23,4)28(25)14-16-46(26,27)5)59-44(58)50-19-31-35(53)37(55)38(56)43(60-31)63-41-30(48)18-29(47)40(39(41)57)62-42-36(54)33(49)34(52)32(20-51)61-42/h9,21-22,24-43,51-57H,6-8,10-20,47-49H2,1-5H3,(H,50,58)/t22-,24+,25+,26-,27+,28+,29-,30+,31-,32-,33+,34-,35-,36-,37+,38-,39-,40+,41+,42+,43+,45+,46-/m1/s1. The maximum absolute atomic E-state index is 13.3. The molecule has 0 unspecified atom stereocenters. The highest BCUT2D eigenvalue weighted by Gasteiger charge is 2.59. The van der Waals surface area contributed by atoms with E-state index in [1.54, 1.807) is 0 Å². The normalized spacial score (nSPS) is 49.3. The predicted octanol–water partition coefficient (Wildman–Crippen LogP) is 0.886. The minimum Gasteiger partial charge on any atom is -0.446 e. The molecule has 1 amide bonds. The number of hydrogen-bond acceptors (Lipinski definition) is 16. The Kier molecular flexibility index (Phi) is 15.6.